The number of hydrogen-bond donors (Lipinski definition) is 0. The number of rotatable bonds is 6. The molecule has 0 spiro atoms. The van der Waals surface area contributed by atoms with Gasteiger partial charge >= 0.3 is 5.97 Å². The van der Waals surface area contributed by atoms with Crippen molar-refractivity contribution >= 4 is 5.97 Å². The summed E-state index contributed by atoms with van der Waals surface area (Å²) in [4.78, 5) is 16.3. The molecule has 166 valence electrons. The summed E-state index contributed by atoms with van der Waals surface area (Å²) in [6.07, 6.45) is 9.07. The normalized spacial score (nSPS) is 32.6. The van der Waals surface area contributed by atoms with Crippen LogP contribution in [-0.4, -0.2) is 56.0 Å². The summed E-state index contributed by atoms with van der Waals surface area (Å²) in [6, 6.07) is 7.12. The number of esters is 1. The number of carbonyl (C=O) groups excluding carboxylic acids is 1. The Kier molecular flexibility index (Phi) is 6.28. The fourth-order valence-electron chi connectivity index (χ4n) is 7.28. The van der Waals surface area contributed by atoms with Crippen LogP contribution in [0.4, 0.5) is 0 Å². The molecule has 0 amide bonds. The highest BCUT2D eigenvalue weighted by Crippen LogP contribution is 2.61. The van der Waals surface area contributed by atoms with E-state index in [4.69, 9.17) is 4.74 Å². The van der Waals surface area contributed by atoms with Gasteiger partial charge in [-0.3, -0.25) is 4.79 Å². The van der Waals surface area contributed by atoms with E-state index in [1.165, 1.54) is 69.7 Å². The smallest absolute Gasteiger partial charge is 0.308 e. The average Bonchev–Trinajstić information content (AvgIpc) is 3.04. The number of benzene rings is 1. The Bertz CT molecular complexity index is 776. The van der Waals surface area contributed by atoms with Gasteiger partial charge in [-0.15, -0.1) is 0 Å². The first kappa shape index (κ1) is 21.8. The standard InChI is InChI=1S/C26H40N2O2/c1-18(29)30-20-8-10-21-19(17-20)7-9-23-22(21)13-14-26(2)24(23)11-12-25(26)28(5)16-6-15-27(3)4/h8,10,17,22-25H,6-7,9,11-16H2,1-5H3/t22-,23-,24+,25+,26+/m1/s1. The van der Waals surface area contributed by atoms with Gasteiger partial charge in [-0.25, -0.2) is 0 Å². The lowest BCUT2D eigenvalue weighted by molar-refractivity contribution is -0.131. The monoisotopic (exact) mass is 412 g/mol. The van der Waals surface area contributed by atoms with Crippen LogP contribution in [0.1, 0.15) is 69.4 Å². The molecule has 3 aliphatic rings. The molecule has 0 aromatic heterocycles. The number of carbonyl (C=O) groups is 1. The van der Waals surface area contributed by atoms with Crippen LogP contribution in [0.25, 0.3) is 0 Å². The molecule has 1 aromatic carbocycles. The highest BCUT2D eigenvalue weighted by molar-refractivity contribution is 5.69. The first-order chi connectivity index (χ1) is 14.3. The molecule has 0 bridgehead atoms. The number of hydrogen-bond acceptors (Lipinski definition) is 4. The Morgan fingerprint density at radius 1 is 1.13 bits per heavy atom. The fraction of sp³-hybridized carbons (Fsp3) is 0.731. The van der Waals surface area contributed by atoms with Gasteiger partial charge in [0.1, 0.15) is 5.75 Å². The van der Waals surface area contributed by atoms with Gasteiger partial charge in [0.05, 0.1) is 0 Å². The topological polar surface area (TPSA) is 32.8 Å². The summed E-state index contributed by atoms with van der Waals surface area (Å²) in [5, 5.41) is 0. The number of nitrogens with zero attached hydrogens (tertiary/aromatic N) is 2. The van der Waals surface area contributed by atoms with Crippen molar-refractivity contribution in [3.05, 3.63) is 29.3 Å². The van der Waals surface area contributed by atoms with Crippen molar-refractivity contribution in [1.29, 1.82) is 0 Å². The molecule has 0 unspecified atom stereocenters. The highest BCUT2D eigenvalue weighted by atomic mass is 16.5. The third-order valence-electron chi connectivity index (χ3n) is 8.56. The first-order valence-electron chi connectivity index (χ1n) is 12.0. The molecule has 30 heavy (non-hydrogen) atoms. The predicted octanol–water partition coefficient (Wildman–Crippen LogP) is 4.72. The maximum atomic E-state index is 11.3. The summed E-state index contributed by atoms with van der Waals surface area (Å²) >= 11 is 0. The van der Waals surface area contributed by atoms with E-state index in [1.54, 1.807) is 0 Å². The molecular formula is C26H40N2O2. The van der Waals surface area contributed by atoms with Crippen molar-refractivity contribution < 1.29 is 9.53 Å². The summed E-state index contributed by atoms with van der Waals surface area (Å²) in [6.45, 7) is 6.47. The molecule has 0 N–H and O–H groups in total. The summed E-state index contributed by atoms with van der Waals surface area (Å²) in [7, 11) is 6.71. The summed E-state index contributed by atoms with van der Waals surface area (Å²) in [5.41, 5.74) is 3.41. The number of fused-ring (bicyclic) bond motifs is 5. The Morgan fingerprint density at radius 2 is 1.93 bits per heavy atom. The second-order valence-corrected chi connectivity index (χ2v) is 10.6. The Balaban J connectivity index is 1.48. The molecule has 5 atom stereocenters. The van der Waals surface area contributed by atoms with Crippen molar-refractivity contribution in [2.45, 2.75) is 70.8 Å². The van der Waals surface area contributed by atoms with E-state index < -0.39 is 0 Å². The van der Waals surface area contributed by atoms with Gasteiger partial charge in [-0.05, 0) is 126 Å². The Hall–Kier alpha value is -1.39. The zero-order valence-corrected chi connectivity index (χ0v) is 19.6. The van der Waals surface area contributed by atoms with Crippen molar-refractivity contribution in [2.24, 2.45) is 17.3 Å². The maximum Gasteiger partial charge on any atom is 0.308 e. The number of aryl methyl sites for hydroxylation is 1. The molecule has 0 heterocycles. The molecule has 2 saturated carbocycles. The van der Waals surface area contributed by atoms with E-state index in [0.29, 0.717) is 17.1 Å². The second kappa shape index (κ2) is 8.63. The molecule has 2 fully saturated rings. The van der Waals surface area contributed by atoms with Crippen LogP contribution in [0.5, 0.6) is 5.75 Å². The van der Waals surface area contributed by atoms with Crippen LogP contribution in [0.15, 0.2) is 18.2 Å². The van der Waals surface area contributed by atoms with Crippen LogP contribution in [-0.2, 0) is 11.2 Å². The average molecular weight is 413 g/mol. The van der Waals surface area contributed by atoms with Gasteiger partial charge in [0, 0.05) is 13.0 Å². The third-order valence-corrected chi connectivity index (χ3v) is 8.56. The molecule has 0 saturated heterocycles. The lowest BCUT2D eigenvalue weighted by atomic mass is 9.55. The minimum Gasteiger partial charge on any atom is -0.427 e. The van der Waals surface area contributed by atoms with Gasteiger partial charge in [0.2, 0.25) is 0 Å². The first-order valence-corrected chi connectivity index (χ1v) is 12.0. The van der Waals surface area contributed by atoms with E-state index in [9.17, 15) is 4.79 Å². The molecule has 4 rings (SSSR count). The van der Waals surface area contributed by atoms with Crippen LogP contribution in [0.2, 0.25) is 0 Å². The van der Waals surface area contributed by atoms with E-state index in [0.717, 1.165) is 24.3 Å². The molecule has 0 aliphatic heterocycles. The van der Waals surface area contributed by atoms with Crippen molar-refractivity contribution in [1.82, 2.24) is 9.80 Å². The zero-order valence-electron chi connectivity index (χ0n) is 19.6. The van der Waals surface area contributed by atoms with Crippen molar-refractivity contribution in [3.63, 3.8) is 0 Å². The highest BCUT2D eigenvalue weighted by Gasteiger charge is 2.55. The lowest BCUT2D eigenvalue weighted by Gasteiger charge is -2.52. The van der Waals surface area contributed by atoms with Crippen molar-refractivity contribution in [2.75, 3.05) is 34.2 Å². The van der Waals surface area contributed by atoms with E-state index in [-0.39, 0.29) is 5.97 Å². The van der Waals surface area contributed by atoms with Crippen LogP contribution < -0.4 is 4.74 Å². The van der Waals surface area contributed by atoms with Gasteiger partial charge in [0.15, 0.2) is 0 Å². The largest absolute Gasteiger partial charge is 0.427 e. The SMILES string of the molecule is CC(=O)Oc1ccc2c(c1)CC[C@@H]1[C@@H]2CC[C@]2(C)[C@@H](N(C)CCCN(C)C)CC[C@@H]12. The Morgan fingerprint density at radius 3 is 2.67 bits per heavy atom. The van der Waals surface area contributed by atoms with Crippen LogP contribution in [0.3, 0.4) is 0 Å². The van der Waals surface area contributed by atoms with Gasteiger partial charge in [0.25, 0.3) is 0 Å². The van der Waals surface area contributed by atoms with Crippen LogP contribution >= 0.6 is 0 Å². The van der Waals surface area contributed by atoms with Gasteiger partial charge < -0.3 is 14.5 Å². The minimum absolute atomic E-state index is 0.233. The molecule has 4 nitrogen and oxygen atoms in total. The quantitative estimate of drug-likeness (QED) is 0.500. The van der Waals surface area contributed by atoms with Gasteiger partial charge in [-0.1, -0.05) is 13.0 Å². The van der Waals surface area contributed by atoms with E-state index in [2.05, 4.69) is 50.0 Å². The summed E-state index contributed by atoms with van der Waals surface area (Å²) < 4.78 is 5.34. The van der Waals surface area contributed by atoms with E-state index >= 15 is 0 Å². The Labute approximate surface area is 183 Å². The van der Waals surface area contributed by atoms with Crippen molar-refractivity contribution in [3.8, 4) is 5.75 Å². The second-order valence-electron chi connectivity index (χ2n) is 10.6. The zero-order chi connectivity index (χ0) is 21.5. The summed E-state index contributed by atoms with van der Waals surface area (Å²) in [5.74, 6) is 2.83. The lowest BCUT2D eigenvalue weighted by Crippen LogP contribution is -2.49. The van der Waals surface area contributed by atoms with Crippen LogP contribution in [0, 0.1) is 17.3 Å². The molecule has 0 radical (unpaired) electrons. The van der Waals surface area contributed by atoms with Gasteiger partial charge in [-0.2, -0.15) is 0 Å². The van der Waals surface area contributed by atoms with E-state index in [1.807, 2.05) is 6.07 Å². The molecule has 1 aromatic rings. The number of ether oxygens (including phenoxy) is 1. The predicted molar refractivity (Wildman–Crippen MR) is 122 cm³/mol. The molecular weight excluding hydrogens is 372 g/mol. The maximum absolute atomic E-state index is 11.3. The fourth-order valence-corrected chi connectivity index (χ4v) is 7.28. The molecule has 3 aliphatic carbocycles. The third kappa shape index (κ3) is 4.05. The minimum atomic E-state index is -0.233. The molecule has 4 heteroatoms.